The molecule has 0 amide bonds. The van der Waals surface area contributed by atoms with Gasteiger partial charge in [-0.25, -0.2) is 8.42 Å². The van der Waals surface area contributed by atoms with Crippen LogP contribution in [0.2, 0.25) is 0 Å². The summed E-state index contributed by atoms with van der Waals surface area (Å²) in [6, 6.07) is 0. The fraction of sp³-hybridized carbons (Fsp3) is 1.00. The molecule has 0 atom stereocenters. The topological polar surface area (TPSA) is 66.4 Å². The Labute approximate surface area is 106 Å². The van der Waals surface area contributed by atoms with Crippen molar-refractivity contribution in [3.8, 4) is 0 Å². The van der Waals surface area contributed by atoms with E-state index in [0.29, 0.717) is 0 Å². The van der Waals surface area contributed by atoms with Crippen molar-refractivity contribution < 1.29 is 21.6 Å². The Kier molecular flexibility index (Phi) is 11.1. The highest BCUT2D eigenvalue weighted by molar-refractivity contribution is 7.80. The van der Waals surface area contributed by atoms with Crippen LogP contribution >= 0.6 is 0 Å². The maximum atomic E-state index is 9.22. The summed E-state index contributed by atoms with van der Waals surface area (Å²) in [4.78, 5) is 0. The second-order valence-electron chi connectivity index (χ2n) is 4.61. The zero-order valence-corrected chi connectivity index (χ0v) is 12.5. The van der Waals surface area contributed by atoms with E-state index in [2.05, 4.69) is 32.1 Å². The second-order valence-corrected chi connectivity index (χ2v) is 5.76. The molecular weight excluding hydrogens is 242 g/mol. The first kappa shape index (κ1) is 19.2. The van der Waals surface area contributed by atoms with Crippen molar-refractivity contribution >= 4 is 10.4 Å². The molecule has 17 heavy (non-hydrogen) atoms. The molecule has 0 N–H and O–H groups in total. The van der Waals surface area contributed by atoms with Gasteiger partial charge >= 0.3 is 0 Å². The van der Waals surface area contributed by atoms with Crippen LogP contribution in [0.4, 0.5) is 0 Å². The predicted molar refractivity (Wildman–Crippen MR) is 68.4 cm³/mol. The average molecular weight is 269 g/mol. The molecule has 0 saturated heterocycles. The lowest BCUT2D eigenvalue weighted by Crippen LogP contribution is -2.39. The van der Waals surface area contributed by atoms with Gasteiger partial charge in [0, 0.05) is 0 Å². The molecule has 0 heterocycles. The van der Waals surface area contributed by atoms with Crippen LogP contribution in [-0.2, 0) is 14.6 Å². The van der Waals surface area contributed by atoms with Crippen LogP contribution in [0.5, 0.6) is 0 Å². The van der Waals surface area contributed by atoms with E-state index in [1.807, 2.05) is 0 Å². The molecule has 106 valence electrons. The van der Waals surface area contributed by atoms with Gasteiger partial charge in [0.1, 0.15) is 0 Å². The molecular formula is C11H27NO4S. The number of hydrogen-bond donors (Lipinski definition) is 0. The molecule has 5 nitrogen and oxygen atoms in total. The molecule has 0 aromatic heterocycles. The van der Waals surface area contributed by atoms with Crippen molar-refractivity contribution in [3.63, 3.8) is 0 Å². The summed E-state index contributed by atoms with van der Waals surface area (Å²) in [6.45, 7) is 7.13. The number of rotatable bonds is 7. The molecule has 0 spiro atoms. The van der Waals surface area contributed by atoms with Gasteiger partial charge in [-0.15, -0.1) is 0 Å². The van der Waals surface area contributed by atoms with E-state index in [1.165, 1.54) is 43.3 Å². The van der Waals surface area contributed by atoms with E-state index < -0.39 is 10.4 Å². The Morgan fingerprint density at radius 3 is 1.88 bits per heavy atom. The quantitative estimate of drug-likeness (QED) is 0.306. The lowest BCUT2D eigenvalue weighted by Gasteiger charge is -2.28. The summed E-state index contributed by atoms with van der Waals surface area (Å²) in [5, 5.41) is 0. The normalized spacial score (nSPS) is 11.9. The number of quaternary nitrogens is 1. The van der Waals surface area contributed by atoms with Crippen LogP contribution in [0, 0.1) is 0 Å². The molecule has 0 radical (unpaired) electrons. The SMILES string of the molecule is CCCCCC[N+](C)(C)CC.COS(=O)(=O)[O-]. The molecule has 0 fully saturated rings. The van der Waals surface area contributed by atoms with Crippen molar-refractivity contribution in [2.24, 2.45) is 0 Å². The molecule has 0 bridgehead atoms. The van der Waals surface area contributed by atoms with Gasteiger partial charge in [0.2, 0.25) is 10.4 Å². The Morgan fingerprint density at radius 2 is 1.59 bits per heavy atom. The molecule has 0 aliphatic heterocycles. The van der Waals surface area contributed by atoms with Gasteiger partial charge in [0.25, 0.3) is 0 Å². The predicted octanol–water partition coefficient (Wildman–Crippen LogP) is 1.76. The highest BCUT2D eigenvalue weighted by Crippen LogP contribution is 2.04. The lowest BCUT2D eigenvalue weighted by molar-refractivity contribution is -0.888. The van der Waals surface area contributed by atoms with Crippen molar-refractivity contribution in [3.05, 3.63) is 0 Å². The largest absolute Gasteiger partial charge is 0.726 e. The zero-order chi connectivity index (χ0) is 13.9. The van der Waals surface area contributed by atoms with Crippen LogP contribution in [0.3, 0.4) is 0 Å². The first-order valence-electron chi connectivity index (χ1n) is 6.02. The van der Waals surface area contributed by atoms with E-state index in [1.54, 1.807) is 0 Å². The molecule has 0 saturated carbocycles. The molecule has 0 unspecified atom stereocenters. The fourth-order valence-corrected chi connectivity index (χ4v) is 1.12. The minimum Gasteiger partial charge on any atom is -0.726 e. The van der Waals surface area contributed by atoms with Gasteiger partial charge in [-0.3, -0.25) is 4.18 Å². The van der Waals surface area contributed by atoms with Crippen LogP contribution in [0.25, 0.3) is 0 Å². The first-order valence-corrected chi connectivity index (χ1v) is 7.35. The average Bonchev–Trinajstić information content (AvgIpc) is 2.24. The Balaban J connectivity index is 0. The number of nitrogens with zero attached hydrogens (tertiary/aromatic N) is 1. The van der Waals surface area contributed by atoms with Gasteiger partial charge in [0.05, 0.1) is 34.3 Å². The van der Waals surface area contributed by atoms with E-state index in [9.17, 15) is 13.0 Å². The van der Waals surface area contributed by atoms with E-state index in [0.717, 1.165) is 7.11 Å². The Hall–Kier alpha value is -0.170. The lowest BCUT2D eigenvalue weighted by atomic mass is 10.2. The smallest absolute Gasteiger partial charge is 0.217 e. The van der Waals surface area contributed by atoms with Crippen molar-refractivity contribution in [2.45, 2.75) is 39.5 Å². The third kappa shape index (κ3) is 18.4. The van der Waals surface area contributed by atoms with Crippen molar-refractivity contribution in [1.82, 2.24) is 0 Å². The number of hydrogen-bond acceptors (Lipinski definition) is 4. The Morgan fingerprint density at radius 1 is 1.12 bits per heavy atom. The van der Waals surface area contributed by atoms with E-state index >= 15 is 0 Å². The maximum absolute atomic E-state index is 9.22. The summed E-state index contributed by atoms with van der Waals surface area (Å²) in [5.41, 5.74) is 0. The monoisotopic (exact) mass is 269 g/mol. The van der Waals surface area contributed by atoms with Crippen LogP contribution in [-0.4, -0.2) is 51.7 Å². The summed E-state index contributed by atoms with van der Waals surface area (Å²) >= 11 is 0. The number of unbranched alkanes of at least 4 members (excludes halogenated alkanes) is 3. The summed E-state index contributed by atoms with van der Waals surface area (Å²) < 4.78 is 32.2. The summed E-state index contributed by atoms with van der Waals surface area (Å²) in [5.74, 6) is 0. The minimum absolute atomic E-state index is 0.808. The van der Waals surface area contributed by atoms with Crippen LogP contribution in [0.15, 0.2) is 0 Å². The summed E-state index contributed by atoms with van der Waals surface area (Å²) in [6.07, 6.45) is 5.57. The van der Waals surface area contributed by atoms with Crippen LogP contribution in [0.1, 0.15) is 39.5 Å². The molecule has 0 aliphatic rings. The third-order valence-electron chi connectivity index (χ3n) is 2.68. The molecule has 0 aromatic rings. The van der Waals surface area contributed by atoms with E-state index in [4.69, 9.17) is 0 Å². The molecule has 0 rings (SSSR count). The van der Waals surface area contributed by atoms with Gasteiger partial charge in [-0.2, -0.15) is 0 Å². The maximum Gasteiger partial charge on any atom is 0.217 e. The standard InChI is InChI=1S/C10H24N.CH4O4S/c1-5-7-8-9-10-11(3,4)6-2;1-5-6(2,3)4/h5-10H2,1-4H3;1H3,(H,2,3,4)/q+1;/p-1. The van der Waals surface area contributed by atoms with Crippen molar-refractivity contribution in [2.75, 3.05) is 34.3 Å². The molecule has 0 aliphatic carbocycles. The van der Waals surface area contributed by atoms with E-state index in [-0.39, 0.29) is 0 Å². The Bertz CT molecular complexity index is 263. The van der Waals surface area contributed by atoms with Crippen molar-refractivity contribution in [1.29, 1.82) is 0 Å². The third-order valence-corrected chi connectivity index (χ3v) is 3.09. The van der Waals surface area contributed by atoms with Gasteiger partial charge in [0.15, 0.2) is 0 Å². The second kappa shape index (κ2) is 9.82. The van der Waals surface area contributed by atoms with Crippen LogP contribution < -0.4 is 0 Å². The fourth-order valence-electron chi connectivity index (χ4n) is 1.12. The summed E-state index contributed by atoms with van der Waals surface area (Å²) in [7, 11) is 1.02. The highest BCUT2D eigenvalue weighted by Gasteiger charge is 2.09. The minimum atomic E-state index is -4.41. The van der Waals surface area contributed by atoms with Gasteiger partial charge in [-0.05, 0) is 19.8 Å². The first-order chi connectivity index (χ1) is 7.68. The molecule has 6 heteroatoms. The van der Waals surface area contributed by atoms with Gasteiger partial charge in [-0.1, -0.05) is 19.8 Å². The highest BCUT2D eigenvalue weighted by atomic mass is 32.3. The van der Waals surface area contributed by atoms with Gasteiger partial charge < -0.3 is 9.04 Å². The molecule has 0 aromatic carbocycles. The zero-order valence-electron chi connectivity index (χ0n) is 11.7.